The summed E-state index contributed by atoms with van der Waals surface area (Å²) in [7, 11) is 0. The summed E-state index contributed by atoms with van der Waals surface area (Å²) in [4.78, 5) is 4.75. The maximum absolute atomic E-state index is 9.27. The van der Waals surface area contributed by atoms with Gasteiger partial charge in [0.1, 0.15) is 5.82 Å². The van der Waals surface area contributed by atoms with Crippen LogP contribution < -0.4 is 5.32 Å². The van der Waals surface area contributed by atoms with Crippen molar-refractivity contribution in [3.63, 3.8) is 0 Å². The summed E-state index contributed by atoms with van der Waals surface area (Å²) in [5.41, 5.74) is 2.17. The molecule has 19 heavy (non-hydrogen) atoms. The van der Waals surface area contributed by atoms with Crippen LogP contribution in [-0.4, -0.2) is 34.4 Å². The van der Waals surface area contributed by atoms with Crippen LogP contribution >= 0.6 is 0 Å². The molecular formula is C15H21N3O. The fraction of sp³-hybridized carbons (Fsp3) is 0.533. The quantitative estimate of drug-likeness (QED) is 0.876. The van der Waals surface area contributed by atoms with Gasteiger partial charge in [-0.1, -0.05) is 12.1 Å². The zero-order valence-electron chi connectivity index (χ0n) is 11.2. The second kappa shape index (κ2) is 5.72. The van der Waals surface area contributed by atoms with Crippen LogP contribution in [0.4, 0.5) is 0 Å². The van der Waals surface area contributed by atoms with Gasteiger partial charge in [-0.05, 0) is 44.0 Å². The minimum Gasteiger partial charge on any atom is -0.395 e. The Balaban J connectivity index is 1.90. The smallest absolute Gasteiger partial charge is 0.110 e. The maximum atomic E-state index is 9.27. The number of aliphatic hydroxyl groups is 1. The van der Waals surface area contributed by atoms with Gasteiger partial charge in [-0.2, -0.15) is 0 Å². The second-order valence-corrected chi connectivity index (χ2v) is 5.31. The molecule has 0 saturated carbocycles. The van der Waals surface area contributed by atoms with Crippen LogP contribution in [0.3, 0.4) is 0 Å². The molecule has 4 nitrogen and oxygen atoms in total. The van der Waals surface area contributed by atoms with Crippen molar-refractivity contribution >= 4 is 11.0 Å². The molecule has 0 bridgehead atoms. The van der Waals surface area contributed by atoms with Gasteiger partial charge in [0.05, 0.1) is 17.6 Å². The van der Waals surface area contributed by atoms with E-state index in [1.165, 1.54) is 12.8 Å². The molecule has 1 aromatic carbocycles. The predicted molar refractivity (Wildman–Crippen MR) is 76.1 cm³/mol. The molecule has 1 atom stereocenters. The highest BCUT2D eigenvalue weighted by atomic mass is 16.3. The van der Waals surface area contributed by atoms with Crippen LogP contribution in [0.5, 0.6) is 0 Å². The topological polar surface area (TPSA) is 50.1 Å². The first-order valence-electron chi connectivity index (χ1n) is 7.14. The number of piperidine rings is 1. The summed E-state index contributed by atoms with van der Waals surface area (Å²) in [6.07, 6.45) is 3.53. The van der Waals surface area contributed by atoms with Crippen molar-refractivity contribution in [2.45, 2.75) is 25.8 Å². The number of nitrogens with one attached hydrogen (secondary N) is 1. The number of hydrogen-bond donors (Lipinski definition) is 2. The van der Waals surface area contributed by atoms with Crippen LogP contribution in [-0.2, 0) is 13.0 Å². The lowest BCUT2D eigenvalue weighted by molar-refractivity contribution is 0.274. The van der Waals surface area contributed by atoms with Crippen molar-refractivity contribution in [2.24, 2.45) is 5.92 Å². The Morgan fingerprint density at radius 3 is 3.05 bits per heavy atom. The van der Waals surface area contributed by atoms with Crippen LogP contribution in [0.25, 0.3) is 11.0 Å². The molecular weight excluding hydrogens is 238 g/mol. The SMILES string of the molecule is OCCn1c(CC2CCCNC2)nc2ccccc21. The first-order valence-corrected chi connectivity index (χ1v) is 7.14. The summed E-state index contributed by atoms with van der Waals surface area (Å²) in [5.74, 6) is 1.78. The molecule has 2 N–H and O–H groups in total. The number of rotatable bonds is 4. The van der Waals surface area contributed by atoms with Gasteiger partial charge in [-0.3, -0.25) is 0 Å². The van der Waals surface area contributed by atoms with Crippen molar-refractivity contribution in [2.75, 3.05) is 19.7 Å². The highest BCUT2D eigenvalue weighted by Crippen LogP contribution is 2.21. The number of para-hydroxylation sites is 2. The molecule has 1 saturated heterocycles. The van der Waals surface area contributed by atoms with Crippen molar-refractivity contribution in [1.82, 2.24) is 14.9 Å². The zero-order chi connectivity index (χ0) is 13.1. The summed E-state index contributed by atoms with van der Waals surface area (Å²) in [6, 6.07) is 8.18. The third-order valence-electron chi connectivity index (χ3n) is 3.93. The fourth-order valence-corrected chi connectivity index (χ4v) is 2.99. The van der Waals surface area contributed by atoms with Crippen molar-refractivity contribution in [1.29, 1.82) is 0 Å². The summed E-state index contributed by atoms with van der Waals surface area (Å²) in [5, 5.41) is 12.7. The first kappa shape index (κ1) is 12.6. The molecule has 0 aliphatic carbocycles. The molecule has 1 fully saturated rings. The second-order valence-electron chi connectivity index (χ2n) is 5.31. The fourth-order valence-electron chi connectivity index (χ4n) is 2.99. The van der Waals surface area contributed by atoms with Crippen molar-refractivity contribution in [3.05, 3.63) is 30.1 Å². The monoisotopic (exact) mass is 259 g/mol. The third kappa shape index (κ3) is 2.65. The average molecular weight is 259 g/mol. The van der Waals surface area contributed by atoms with E-state index in [2.05, 4.69) is 16.0 Å². The molecule has 1 aliphatic heterocycles. The van der Waals surface area contributed by atoms with Gasteiger partial charge in [0, 0.05) is 13.0 Å². The van der Waals surface area contributed by atoms with Gasteiger partial charge in [-0.25, -0.2) is 4.98 Å². The average Bonchev–Trinajstić information content (AvgIpc) is 2.79. The lowest BCUT2D eigenvalue weighted by Crippen LogP contribution is -2.31. The molecule has 3 rings (SSSR count). The highest BCUT2D eigenvalue weighted by molar-refractivity contribution is 5.75. The van der Waals surface area contributed by atoms with E-state index < -0.39 is 0 Å². The number of aromatic nitrogens is 2. The van der Waals surface area contributed by atoms with E-state index in [1.54, 1.807) is 0 Å². The highest BCUT2D eigenvalue weighted by Gasteiger charge is 2.18. The minimum atomic E-state index is 0.163. The van der Waals surface area contributed by atoms with Crippen LogP contribution in [0.2, 0.25) is 0 Å². The molecule has 2 heterocycles. The van der Waals surface area contributed by atoms with Crippen LogP contribution in [0, 0.1) is 5.92 Å². The largest absolute Gasteiger partial charge is 0.395 e. The molecule has 0 amide bonds. The van der Waals surface area contributed by atoms with E-state index in [1.807, 2.05) is 18.2 Å². The number of hydrogen-bond acceptors (Lipinski definition) is 3. The Morgan fingerprint density at radius 1 is 1.37 bits per heavy atom. The third-order valence-corrected chi connectivity index (χ3v) is 3.93. The molecule has 0 spiro atoms. The van der Waals surface area contributed by atoms with Gasteiger partial charge < -0.3 is 15.0 Å². The predicted octanol–water partition coefficient (Wildman–Crippen LogP) is 1.57. The summed E-state index contributed by atoms with van der Waals surface area (Å²) in [6.45, 7) is 3.03. The Bertz CT molecular complexity index is 543. The van der Waals surface area contributed by atoms with E-state index in [-0.39, 0.29) is 6.61 Å². The van der Waals surface area contributed by atoms with Gasteiger partial charge >= 0.3 is 0 Å². The maximum Gasteiger partial charge on any atom is 0.110 e. The summed E-state index contributed by atoms with van der Waals surface area (Å²) >= 11 is 0. The Hall–Kier alpha value is -1.39. The molecule has 4 heteroatoms. The molecule has 1 aliphatic rings. The van der Waals surface area contributed by atoms with Crippen molar-refractivity contribution < 1.29 is 5.11 Å². The number of fused-ring (bicyclic) bond motifs is 1. The Labute approximate surface area is 113 Å². The van der Waals surface area contributed by atoms with Crippen LogP contribution in [0.15, 0.2) is 24.3 Å². The zero-order valence-corrected chi connectivity index (χ0v) is 11.2. The Kier molecular flexibility index (Phi) is 3.80. The van der Waals surface area contributed by atoms with Gasteiger partial charge in [0.25, 0.3) is 0 Å². The molecule has 102 valence electrons. The number of benzene rings is 1. The summed E-state index contributed by atoms with van der Waals surface area (Å²) < 4.78 is 2.17. The standard InChI is InChI=1S/C15H21N3O/c19-9-8-18-14-6-2-1-5-13(14)17-15(18)10-12-4-3-7-16-11-12/h1-2,5-6,12,16,19H,3-4,7-11H2. The van der Waals surface area contributed by atoms with E-state index in [0.29, 0.717) is 12.5 Å². The van der Waals surface area contributed by atoms with Gasteiger partial charge in [-0.15, -0.1) is 0 Å². The number of aliphatic hydroxyl groups excluding tert-OH is 1. The first-order chi connectivity index (χ1) is 9.38. The normalized spacial score (nSPS) is 19.9. The molecule has 1 aromatic heterocycles. The van der Waals surface area contributed by atoms with E-state index in [4.69, 9.17) is 4.98 Å². The minimum absolute atomic E-state index is 0.163. The van der Waals surface area contributed by atoms with E-state index >= 15 is 0 Å². The molecule has 1 unspecified atom stereocenters. The number of imidazole rings is 1. The van der Waals surface area contributed by atoms with Gasteiger partial charge in [0.2, 0.25) is 0 Å². The van der Waals surface area contributed by atoms with Crippen molar-refractivity contribution in [3.8, 4) is 0 Å². The number of nitrogens with zero attached hydrogens (tertiary/aromatic N) is 2. The van der Waals surface area contributed by atoms with E-state index in [9.17, 15) is 5.11 Å². The molecule has 2 aromatic rings. The Morgan fingerprint density at radius 2 is 2.26 bits per heavy atom. The van der Waals surface area contributed by atoms with E-state index in [0.717, 1.165) is 36.4 Å². The lowest BCUT2D eigenvalue weighted by Gasteiger charge is -2.22. The lowest BCUT2D eigenvalue weighted by atomic mass is 9.96. The molecule has 0 radical (unpaired) electrons. The van der Waals surface area contributed by atoms with Crippen LogP contribution in [0.1, 0.15) is 18.7 Å². The van der Waals surface area contributed by atoms with Gasteiger partial charge in [0.15, 0.2) is 0 Å².